The molecule has 0 radical (unpaired) electrons. The zero-order chi connectivity index (χ0) is 7.72. The van der Waals surface area contributed by atoms with E-state index in [4.69, 9.17) is 5.73 Å². The molecule has 1 rings (SSSR count). The van der Waals surface area contributed by atoms with Crippen LogP contribution >= 0.6 is 38.5 Å². The van der Waals surface area contributed by atoms with Gasteiger partial charge in [-0.3, -0.25) is 0 Å². The zero-order valence-electron chi connectivity index (χ0n) is 5.36. The molecule has 0 bridgehead atoms. The first kappa shape index (κ1) is 8.26. The van der Waals surface area contributed by atoms with Gasteiger partial charge in [-0.15, -0.1) is 0 Å². The molecule has 0 unspecified atom stereocenters. The molecule has 0 spiro atoms. The van der Waals surface area contributed by atoms with E-state index in [2.05, 4.69) is 43.5 Å². The first-order valence-electron chi connectivity index (χ1n) is 2.69. The van der Waals surface area contributed by atoms with Gasteiger partial charge in [0.05, 0.1) is 15.9 Å². The van der Waals surface area contributed by atoms with Gasteiger partial charge in [-0.1, -0.05) is 0 Å². The van der Waals surface area contributed by atoms with Crippen LogP contribution in [-0.2, 0) is 0 Å². The minimum absolute atomic E-state index is 0.729. The van der Waals surface area contributed by atoms with Gasteiger partial charge < -0.3 is 5.73 Å². The van der Waals surface area contributed by atoms with Gasteiger partial charge in [-0.05, 0) is 51.5 Å². The SMILES string of the molecule is Cc1nc(I)c(Br)cc1N. The highest BCUT2D eigenvalue weighted by Crippen LogP contribution is 2.21. The highest BCUT2D eigenvalue weighted by atomic mass is 127. The second-order valence-electron chi connectivity index (χ2n) is 1.94. The Kier molecular flexibility index (Phi) is 2.51. The van der Waals surface area contributed by atoms with Crippen LogP contribution in [-0.4, -0.2) is 4.98 Å². The van der Waals surface area contributed by atoms with E-state index in [1.165, 1.54) is 0 Å². The number of nitrogens with two attached hydrogens (primary N) is 1. The van der Waals surface area contributed by atoms with Crippen molar-refractivity contribution in [3.63, 3.8) is 0 Å². The van der Waals surface area contributed by atoms with Crippen LogP contribution in [0.3, 0.4) is 0 Å². The lowest BCUT2D eigenvalue weighted by molar-refractivity contribution is 1.16. The number of anilines is 1. The molecule has 0 fully saturated rings. The third-order valence-electron chi connectivity index (χ3n) is 1.16. The Bertz CT molecular complexity index is 212. The van der Waals surface area contributed by atoms with Gasteiger partial charge >= 0.3 is 0 Å². The highest BCUT2D eigenvalue weighted by molar-refractivity contribution is 14.1. The molecule has 2 nitrogen and oxygen atoms in total. The summed E-state index contributed by atoms with van der Waals surface area (Å²) in [6.07, 6.45) is 0. The van der Waals surface area contributed by atoms with E-state index < -0.39 is 0 Å². The number of nitrogens with zero attached hydrogens (tertiary/aromatic N) is 1. The van der Waals surface area contributed by atoms with E-state index in [1.54, 1.807) is 0 Å². The molecule has 0 aliphatic rings. The minimum atomic E-state index is 0.729. The van der Waals surface area contributed by atoms with Crippen molar-refractivity contribution < 1.29 is 0 Å². The highest BCUT2D eigenvalue weighted by Gasteiger charge is 2.00. The van der Waals surface area contributed by atoms with Crippen LogP contribution in [0.1, 0.15) is 5.69 Å². The van der Waals surface area contributed by atoms with E-state index in [1.807, 2.05) is 13.0 Å². The number of aryl methyl sites for hydroxylation is 1. The second-order valence-corrected chi connectivity index (χ2v) is 3.81. The maximum atomic E-state index is 5.59. The summed E-state index contributed by atoms with van der Waals surface area (Å²) in [7, 11) is 0. The molecule has 10 heavy (non-hydrogen) atoms. The molecule has 0 aromatic carbocycles. The molecule has 1 aromatic rings. The average molecular weight is 313 g/mol. The summed E-state index contributed by atoms with van der Waals surface area (Å²) in [6, 6.07) is 1.87. The summed E-state index contributed by atoms with van der Waals surface area (Å²) in [5.41, 5.74) is 7.20. The summed E-state index contributed by atoms with van der Waals surface area (Å²) in [4.78, 5) is 4.19. The average Bonchev–Trinajstić information content (AvgIpc) is 1.84. The molecule has 2 N–H and O–H groups in total. The van der Waals surface area contributed by atoms with Crippen molar-refractivity contribution >= 4 is 44.2 Å². The van der Waals surface area contributed by atoms with Crippen molar-refractivity contribution in [1.82, 2.24) is 4.98 Å². The van der Waals surface area contributed by atoms with Crippen molar-refractivity contribution in [3.05, 3.63) is 19.9 Å². The Hall–Kier alpha value is 0.160. The van der Waals surface area contributed by atoms with E-state index in [0.717, 1.165) is 19.6 Å². The summed E-state index contributed by atoms with van der Waals surface area (Å²) >= 11 is 5.48. The van der Waals surface area contributed by atoms with Crippen LogP contribution in [0.15, 0.2) is 10.5 Å². The van der Waals surface area contributed by atoms with Gasteiger partial charge in [0.2, 0.25) is 0 Å². The Labute approximate surface area is 81.5 Å². The molecular formula is C6H6BrIN2. The normalized spacial score (nSPS) is 9.90. The van der Waals surface area contributed by atoms with Gasteiger partial charge in [0.1, 0.15) is 3.70 Å². The molecule has 0 amide bonds. The number of halogens is 2. The maximum absolute atomic E-state index is 5.59. The number of hydrogen-bond donors (Lipinski definition) is 1. The van der Waals surface area contributed by atoms with Gasteiger partial charge in [0, 0.05) is 0 Å². The van der Waals surface area contributed by atoms with E-state index >= 15 is 0 Å². The predicted octanol–water partition coefficient (Wildman–Crippen LogP) is 2.34. The van der Waals surface area contributed by atoms with Crippen LogP contribution < -0.4 is 5.73 Å². The van der Waals surface area contributed by atoms with Gasteiger partial charge in [-0.2, -0.15) is 0 Å². The van der Waals surface area contributed by atoms with Crippen molar-refractivity contribution in [2.24, 2.45) is 0 Å². The Morgan fingerprint density at radius 1 is 1.70 bits per heavy atom. The standard InChI is InChI=1S/C6H6BrIN2/c1-3-5(9)2-4(7)6(8)10-3/h2H,9H2,1H3. The molecular weight excluding hydrogens is 307 g/mol. The van der Waals surface area contributed by atoms with Gasteiger partial charge in [0.25, 0.3) is 0 Å². The fraction of sp³-hybridized carbons (Fsp3) is 0.167. The zero-order valence-corrected chi connectivity index (χ0v) is 9.10. The fourth-order valence-corrected chi connectivity index (χ4v) is 1.42. The third kappa shape index (κ3) is 1.60. The second kappa shape index (κ2) is 3.04. The number of nitrogen functional groups attached to an aromatic ring is 1. The van der Waals surface area contributed by atoms with Crippen molar-refractivity contribution in [2.75, 3.05) is 5.73 Å². The fourth-order valence-electron chi connectivity index (χ4n) is 0.566. The van der Waals surface area contributed by atoms with Crippen molar-refractivity contribution in [2.45, 2.75) is 6.92 Å². The van der Waals surface area contributed by atoms with Gasteiger partial charge in [0.15, 0.2) is 0 Å². The largest absolute Gasteiger partial charge is 0.397 e. The first-order valence-corrected chi connectivity index (χ1v) is 4.56. The van der Waals surface area contributed by atoms with E-state index in [-0.39, 0.29) is 0 Å². The molecule has 54 valence electrons. The molecule has 4 heteroatoms. The number of aromatic nitrogens is 1. The molecule has 0 saturated heterocycles. The number of pyridine rings is 1. The molecule has 0 saturated carbocycles. The van der Waals surface area contributed by atoms with Crippen LogP contribution in [0, 0.1) is 10.6 Å². The Balaban J connectivity index is 3.28. The summed E-state index contributed by atoms with van der Waals surface area (Å²) in [5, 5.41) is 0. The molecule has 1 heterocycles. The first-order chi connectivity index (χ1) is 4.61. The lowest BCUT2D eigenvalue weighted by atomic mass is 10.3. The van der Waals surface area contributed by atoms with Crippen LogP contribution in [0.2, 0.25) is 0 Å². The van der Waals surface area contributed by atoms with Crippen LogP contribution in [0.25, 0.3) is 0 Å². The lowest BCUT2D eigenvalue weighted by Crippen LogP contribution is -1.94. The van der Waals surface area contributed by atoms with E-state index in [0.29, 0.717) is 0 Å². The molecule has 0 atom stereocenters. The van der Waals surface area contributed by atoms with Crippen LogP contribution in [0.4, 0.5) is 5.69 Å². The van der Waals surface area contributed by atoms with E-state index in [9.17, 15) is 0 Å². The van der Waals surface area contributed by atoms with Crippen molar-refractivity contribution in [3.8, 4) is 0 Å². The monoisotopic (exact) mass is 312 g/mol. The molecule has 0 aliphatic carbocycles. The van der Waals surface area contributed by atoms with Crippen molar-refractivity contribution in [1.29, 1.82) is 0 Å². The van der Waals surface area contributed by atoms with Crippen LogP contribution in [0.5, 0.6) is 0 Å². The predicted molar refractivity (Wildman–Crippen MR) is 53.8 cm³/mol. The lowest BCUT2D eigenvalue weighted by Gasteiger charge is -2.00. The Morgan fingerprint density at radius 3 is 2.80 bits per heavy atom. The number of hydrogen-bond acceptors (Lipinski definition) is 2. The van der Waals surface area contributed by atoms with Gasteiger partial charge in [-0.25, -0.2) is 4.98 Å². The Morgan fingerprint density at radius 2 is 2.30 bits per heavy atom. The topological polar surface area (TPSA) is 38.9 Å². The quantitative estimate of drug-likeness (QED) is 0.590. The third-order valence-corrected chi connectivity index (χ3v) is 3.33. The minimum Gasteiger partial charge on any atom is -0.397 e. The summed E-state index contributed by atoms with van der Waals surface area (Å²) in [5.74, 6) is 0. The summed E-state index contributed by atoms with van der Waals surface area (Å²) < 4.78 is 1.90. The summed E-state index contributed by atoms with van der Waals surface area (Å²) in [6.45, 7) is 1.89. The maximum Gasteiger partial charge on any atom is 0.115 e. The molecule has 0 aliphatic heterocycles. The number of rotatable bonds is 0. The smallest absolute Gasteiger partial charge is 0.115 e. The molecule has 1 aromatic heterocycles.